The quantitative estimate of drug-likeness (QED) is 0.905. The van der Waals surface area contributed by atoms with Crippen molar-refractivity contribution in [2.24, 2.45) is 0 Å². The van der Waals surface area contributed by atoms with E-state index in [9.17, 15) is 9.59 Å². The predicted molar refractivity (Wildman–Crippen MR) is 75.2 cm³/mol. The summed E-state index contributed by atoms with van der Waals surface area (Å²) in [5, 5.41) is 5.61. The van der Waals surface area contributed by atoms with Crippen LogP contribution in [-0.4, -0.2) is 18.4 Å². The van der Waals surface area contributed by atoms with Gasteiger partial charge in [0, 0.05) is 0 Å². The van der Waals surface area contributed by atoms with Crippen molar-refractivity contribution >= 4 is 17.5 Å². The van der Waals surface area contributed by atoms with Gasteiger partial charge in [0.15, 0.2) is 6.61 Å². The van der Waals surface area contributed by atoms with Gasteiger partial charge in [-0.2, -0.15) is 0 Å². The average molecular weight is 286 g/mol. The zero-order valence-electron chi connectivity index (χ0n) is 11.4. The second-order valence-electron chi connectivity index (χ2n) is 4.80. The Morgan fingerprint density at radius 2 is 2.24 bits per heavy atom. The lowest BCUT2D eigenvalue weighted by atomic mass is 10.1. The van der Waals surface area contributed by atoms with E-state index < -0.39 is 0 Å². The topological polar surface area (TPSA) is 80.6 Å². The molecular formula is C15H14N2O4. The van der Waals surface area contributed by atoms with Crippen LogP contribution in [0.2, 0.25) is 0 Å². The summed E-state index contributed by atoms with van der Waals surface area (Å²) in [6, 6.07) is 6.83. The van der Waals surface area contributed by atoms with E-state index in [1.165, 1.54) is 12.5 Å². The van der Waals surface area contributed by atoms with E-state index in [2.05, 4.69) is 10.6 Å². The van der Waals surface area contributed by atoms with Crippen molar-refractivity contribution in [3.05, 3.63) is 47.9 Å². The van der Waals surface area contributed by atoms with E-state index in [0.717, 1.165) is 5.56 Å². The van der Waals surface area contributed by atoms with E-state index >= 15 is 0 Å². The third-order valence-corrected chi connectivity index (χ3v) is 3.27. The molecule has 6 nitrogen and oxygen atoms in total. The van der Waals surface area contributed by atoms with Crippen LogP contribution in [-0.2, 0) is 4.79 Å². The average Bonchev–Trinajstić information content (AvgIpc) is 3.00. The van der Waals surface area contributed by atoms with Crippen molar-refractivity contribution in [1.29, 1.82) is 0 Å². The molecule has 2 amide bonds. The first kappa shape index (κ1) is 13.2. The van der Waals surface area contributed by atoms with Crippen molar-refractivity contribution in [3.63, 3.8) is 0 Å². The molecule has 1 unspecified atom stereocenters. The van der Waals surface area contributed by atoms with Gasteiger partial charge in [0.2, 0.25) is 0 Å². The summed E-state index contributed by atoms with van der Waals surface area (Å²) in [7, 11) is 0. The summed E-state index contributed by atoms with van der Waals surface area (Å²) in [4.78, 5) is 23.3. The van der Waals surface area contributed by atoms with Gasteiger partial charge in [0.25, 0.3) is 11.8 Å². The second-order valence-corrected chi connectivity index (χ2v) is 4.80. The van der Waals surface area contributed by atoms with Crippen LogP contribution in [0.3, 0.4) is 0 Å². The molecule has 2 aromatic rings. The van der Waals surface area contributed by atoms with E-state index in [1.807, 2.05) is 13.0 Å². The van der Waals surface area contributed by atoms with Crippen LogP contribution in [0.25, 0.3) is 0 Å². The minimum Gasteiger partial charge on any atom is -0.482 e. The number of ether oxygens (including phenoxy) is 1. The van der Waals surface area contributed by atoms with Gasteiger partial charge in [-0.25, -0.2) is 0 Å². The number of hydrogen-bond acceptors (Lipinski definition) is 4. The van der Waals surface area contributed by atoms with E-state index in [4.69, 9.17) is 9.15 Å². The normalized spacial score (nSPS) is 14.6. The smallest absolute Gasteiger partial charge is 0.262 e. The Bertz CT molecular complexity index is 679. The zero-order valence-corrected chi connectivity index (χ0v) is 11.4. The monoisotopic (exact) mass is 286 g/mol. The number of carbonyl (C=O) groups is 2. The van der Waals surface area contributed by atoms with Crippen LogP contribution in [0.5, 0.6) is 5.75 Å². The molecule has 1 atom stereocenters. The van der Waals surface area contributed by atoms with Crippen molar-refractivity contribution in [1.82, 2.24) is 5.32 Å². The Morgan fingerprint density at radius 1 is 1.38 bits per heavy atom. The number of anilines is 1. The molecule has 6 heteroatoms. The fourth-order valence-electron chi connectivity index (χ4n) is 2.13. The number of furan rings is 1. The Labute approximate surface area is 121 Å². The van der Waals surface area contributed by atoms with Crippen molar-refractivity contribution in [2.45, 2.75) is 13.0 Å². The first-order valence-electron chi connectivity index (χ1n) is 6.53. The third kappa shape index (κ3) is 2.74. The molecule has 108 valence electrons. The van der Waals surface area contributed by atoms with Crippen LogP contribution >= 0.6 is 0 Å². The molecule has 1 aromatic carbocycles. The lowest BCUT2D eigenvalue weighted by Gasteiger charge is -2.20. The molecule has 3 rings (SSSR count). The lowest BCUT2D eigenvalue weighted by molar-refractivity contribution is -0.118. The van der Waals surface area contributed by atoms with Crippen molar-refractivity contribution < 1.29 is 18.7 Å². The largest absolute Gasteiger partial charge is 0.482 e. The number of rotatable bonds is 3. The SMILES string of the molecule is CC(NC(=O)c1ccoc1)c1ccc2c(c1)NC(=O)CO2. The van der Waals surface area contributed by atoms with Gasteiger partial charge in [0.05, 0.1) is 23.6 Å². The highest BCUT2D eigenvalue weighted by Crippen LogP contribution is 2.30. The summed E-state index contributed by atoms with van der Waals surface area (Å²) in [5.74, 6) is 0.232. The first-order chi connectivity index (χ1) is 10.1. The number of carbonyl (C=O) groups excluding carboxylic acids is 2. The maximum absolute atomic E-state index is 12.0. The summed E-state index contributed by atoms with van der Waals surface area (Å²) in [5.41, 5.74) is 1.96. The maximum atomic E-state index is 12.0. The molecule has 2 N–H and O–H groups in total. The van der Waals surface area contributed by atoms with E-state index in [1.54, 1.807) is 18.2 Å². The number of hydrogen-bond donors (Lipinski definition) is 2. The lowest BCUT2D eigenvalue weighted by Crippen LogP contribution is -2.27. The summed E-state index contributed by atoms with van der Waals surface area (Å²) in [6.45, 7) is 1.89. The van der Waals surface area contributed by atoms with Gasteiger partial charge < -0.3 is 19.8 Å². The number of amides is 2. The molecule has 0 bridgehead atoms. The molecule has 0 saturated carbocycles. The third-order valence-electron chi connectivity index (χ3n) is 3.27. The minimum atomic E-state index is -0.214. The van der Waals surface area contributed by atoms with Crippen LogP contribution in [0.1, 0.15) is 28.9 Å². The molecule has 0 fully saturated rings. The van der Waals surface area contributed by atoms with Crippen LogP contribution in [0.4, 0.5) is 5.69 Å². The predicted octanol–water partition coefficient (Wildman–Crippen LogP) is 2.10. The number of fused-ring (bicyclic) bond motifs is 1. The Balaban J connectivity index is 1.76. The summed E-state index contributed by atoms with van der Waals surface area (Å²) >= 11 is 0. The van der Waals surface area contributed by atoms with Gasteiger partial charge >= 0.3 is 0 Å². The molecule has 0 radical (unpaired) electrons. The van der Waals surface area contributed by atoms with Gasteiger partial charge in [-0.3, -0.25) is 9.59 Å². The van der Waals surface area contributed by atoms with Crippen LogP contribution in [0, 0.1) is 0 Å². The van der Waals surface area contributed by atoms with Crippen molar-refractivity contribution in [2.75, 3.05) is 11.9 Å². The molecule has 0 saturated heterocycles. The molecular weight excluding hydrogens is 272 g/mol. The van der Waals surface area contributed by atoms with Crippen LogP contribution in [0.15, 0.2) is 41.2 Å². The number of nitrogens with one attached hydrogen (secondary N) is 2. The highest BCUT2D eigenvalue weighted by molar-refractivity contribution is 5.96. The highest BCUT2D eigenvalue weighted by atomic mass is 16.5. The first-order valence-corrected chi connectivity index (χ1v) is 6.53. The fourth-order valence-corrected chi connectivity index (χ4v) is 2.13. The second kappa shape index (κ2) is 5.32. The molecule has 0 aliphatic carbocycles. The molecule has 1 aliphatic heterocycles. The van der Waals surface area contributed by atoms with E-state index in [-0.39, 0.29) is 24.5 Å². The minimum absolute atomic E-state index is 0.0269. The maximum Gasteiger partial charge on any atom is 0.262 e. The molecule has 1 aliphatic rings. The van der Waals surface area contributed by atoms with Crippen LogP contribution < -0.4 is 15.4 Å². The summed E-state index contributed by atoms with van der Waals surface area (Å²) in [6.07, 6.45) is 2.84. The molecule has 1 aromatic heterocycles. The van der Waals surface area contributed by atoms with Gasteiger partial charge in [0.1, 0.15) is 12.0 Å². The van der Waals surface area contributed by atoms with Gasteiger partial charge in [-0.1, -0.05) is 6.07 Å². The van der Waals surface area contributed by atoms with E-state index in [0.29, 0.717) is 17.0 Å². The standard InChI is InChI=1S/C15H14N2O4/c1-9(16-15(19)11-4-5-20-7-11)10-2-3-13-12(6-10)17-14(18)8-21-13/h2-7,9H,8H2,1H3,(H,16,19)(H,17,18). The highest BCUT2D eigenvalue weighted by Gasteiger charge is 2.18. The Hall–Kier alpha value is -2.76. The van der Waals surface area contributed by atoms with Gasteiger partial charge in [-0.05, 0) is 30.7 Å². The molecule has 21 heavy (non-hydrogen) atoms. The Kier molecular flexibility index (Phi) is 3.35. The zero-order chi connectivity index (χ0) is 14.8. The molecule has 2 heterocycles. The number of benzene rings is 1. The van der Waals surface area contributed by atoms with Gasteiger partial charge in [-0.15, -0.1) is 0 Å². The fraction of sp³-hybridized carbons (Fsp3) is 0.200. The Morgan fingerprint density at radius 3 is 3.00 bits per heavy atom. The van der Waals surface area contributed by atoms with Crippen molar-refractivity contribution in [3.8, 4) is 5.75 Å². The molecule has 0 spiro atoms. The summed E-state index contributed by atoms with van der Waals surface area (Å²) < 4.78 is 10.2.